The minimum atomic E-state index is -0.836. The summed E-state index contributed by atoms with van der Waals surface area (Å²) in [6.45, 7) is 0. The number of carboxylic acids is 1. The molecule has 0 saturated heterocycles. The van der Waals surface area contributed by atoms with Gasteiger partial charge in [-0.2, -0.15) is 0 Å². The number of carbonyl (C=O) groups is 1. The van der Waals surface area contributed by atoms with Gasteiger partial charge in [-0.1, -0.05) is 24.3 Å². The number of fused-ring (bicyclic) bond motifs is 1. The fourth-order valence-corrected chi connectivity index (χ4v) is 1.99. The Morgan fingerprint density at radius 3 is 2.93 bits per heavy atom. The van der Waals surface area contributed by atoms with Crippen molar-refractivity contribution >= 4 is 12.0 Å². The van der Waals surface area contributed by atoms with Crippen LogP contribution in [0.2, 0.25) is 0 Å². The van der Waals surface area contributed by atoms with E-state index in [1.54, 1.807) is 6.07 Å². The molecular weight excluding hydrogens is 188 g/mol. The van der Waals surface area contributed by atoms with Crippen LogP contribution >= 0.6 is 0 Å². The number of aromatic carboxylic acids is 1. The molecule has 0 saturated carbocycles. The Kier molecular flexibility index (Phi) is 2.86. The molecule has 0 spiro atoms. The molecule has 1 N–H and O–H groups in total. The van der Waals surface area contributed by atoms with E-state index >= 15 is 0 Å². The monoisotopic (exact) mass is 202 g/mol. The average Bonchev–Trinajstić information content (AvgIpc) is 2.17. The Hall–Kier alpha value is -1.57. The van der Waals surface area contributed by atoms with Gasteiger partial charge in [-0.05, 0) is 42.9 Å². The fourth-order valence-electron chi connectivity index (χ4n) is 1.99. The van der Waals surface area contributed by atoms with E-state index in [1.165, 1.54) is 6.42 Å². The van der Waals surface area contributed by atoms with E-state index in [9.17, 15) is 4.79 Å². The highest BCUT2D eigenvalue weighted by Crippen LogP contribution is 2.22. The molecule has 1 aromatic carbocycles. The fraction of sp³-hybridized carbons (Fsp3) is 0.308. The average molecular weight is 202 g/mol. The zero-order chi connectivity index (χ0) is 10.7. The summed E-state index contributed by atoms with van der Waals surface area (Å²) in [6, 6.07) is 5.53. The van der Waals surface area contributed by atoms with E-state index in [2.05, 4.69) is 6.08 Å². The molecule has 78 valence electrons. The molecule has 0 aromatic heterocycles. The van der Waals surface area contributed by atoms with Gasteiger partial charge in [-0.25, -0.2) is 4.79 Å². The highest BCUT2D eigenvalue weighted by molar-refractivity contribution is 5.92. The Balaban J connectivity index is 2.52. The van der Waals surface area contributed by atoms with E-state index in [0.717, 1.165) is 30.4 Å². The molecule has 2 heteroatoms. The number of allylic oxidation sites excluding steroid dienone is 1. The molecule has 2 nitrogen and oxygen atoms in total. The minimum Gasteiger partial charge on any atom is -0.478 e. The van der Waals surface area contributed by atoms with Gasteiger partial charge in [0.1, 0.15) is 0 Å². The predicted molar refractivity (Wildman–Crippen MR) is 60.0 cm³/mol. The van der Waals surface area contributed by atoms with E-state index in [4.69, 9.17) is 5.11 Å². The first-order valence-electron chi connectivity index (χ1n) is 5.31. The van der Waals surface area contributed by atoms with Gasteiger partial charge in [0, 0.05) is 0 Å². The summed E-state index contributed by atoms with van der Waals surface area (Å²) in [7, 11) is 0. The lowest BCUT2D eigenvalue weighted by Crippen LogP contribution is -2.03. The molecule has 1 aliphatic rings. The maximum absolute atomic E-state index is 11.0. The largest absolute Gasteiger partial charge is 0.478 e. The predicted octanol–water partition coefficient (Wildman–Crippen LogP) is 3.12. The van der Waals surface area contributed by atoms with Gasteiger partial charge >= 0.3 is 5.97 Å². The van der Waals surface area contributed by atoms with Crippen molar-refractivity contribution in [3.8, 4) is 0 Å². The molecule has 2 rings (SSSR count). The minimum absolute atomic E-state index is 0.422. The summed E-state index contributed by atoms with van der Waals surface area (Å²) in [4.78, 5) is 11.0. The lowest BCUT2D eigenvalue weighted by atomic mass is 9.94. The quantitative estimate of drug-likeness (QED) is 0.759. The lowest BCUT2D eigenvalue weighted by Gasteiger charge is -2.11. The number of rotatable bonds is 1. The highest BCUT2D eigenvalue weighted by atomic mass is 16.4. The summed E-state index contributed by atoms with van der Waals surface area (Å²) in [5.74, 6) is -0.836. The summed E-state index contributed by atoms with van der Waals surface area (Å²) >= 11 is 0. The molecular formula is C13H14O2. The number of hydrogen-bond donors (Lipinski definition) is 1. The molecule has 15 heavy (non-hydrogen) atoms. The van der Waals surface area contributed by atoms with Crippen molar-refractivity contribution in [2.75, 3.05) is 0 Å². The van der Waals surface area contributed by atoms with E-state index in [0.29, 0.717) is 5.56 Å². The van der Waals surface area contributed by atoms with Crippen LogP contribution in [0.5, 0.6) is 0 Å². The third kappa shape index (κ3) is 2.09. The van der Waals surface area contributed by atoms with Crippen molar-refractivity contribution in [2.24, 2.45) is 0 Å². The Bertz CT molecular complexity index is 405. The van der Waals surface area contributed by atoms with Crippen molar-refractivity contribution < 1.29 is 9.90 Å². The van der Waals surface area contributed by atoms with Crippen LogP contribution in [0.3, 0.4) is 0 Å². The molecule has 1 aromatic rings. The number of aryl methyl sites for hydroxylation is 1. The highest BCUT2D eigenvalue weighted by Gasteiger charge is 2.12. The smallest absolute Gasteiger partial charge is 0.336 e. The van der Waals surface area contributed by atoms with Crippen molar-refractivity contribution in [1.82, 2.24) is 0 Å². The summed E-state index contributed by atoms with van der Waals surface area (Å²) in [5.41, 5.74) is 2.47. The lowest BCUT2D eigenvalue weighted by molar-refractivity contribution is 0.0696. The Morgan fingerprint density at radius 2 is 2.13 bits per heavy atom. The maximum atomic E-state index is 11.0. The normalized spacial score (nSPS) is 17.3. The standard InChI is InChI=1S/C13H14O2/c14-13(15)12-9-5-7-10-6-3-1-2-4-8-11(10)12/h4-5,7-9H,1-3,6H2,(H,14,15)/b8-4-. The van der Waals surface area contributed by atoms with Gasteiger partial charge in [0.05, 0.1) is 5.56 Å². The first kappa shape index (κ1) is 9.97. The third-order valence-electron chi connectivity index (χ3n) is 2.78. The summed E-state index contributed by atoms with van der Waals surface area (Å²) < 4.78 is 0. The van der Waals surface area contributed by atoms with Crippen molar-refractivity contribution in [2.45, 2.75) is 25.7 Å². The van der Waals surface area contributed by atoms with Gasteiger partial charge in [0.25, 0.3) is 0 Å². The second kappa shape index (κ2) is 4.30. The Morgan fingerprint density at radius 1 is 1.27 bits per heavy atom. The van der Waals surface area contributed by atoms with Gasteiger partial charge < -0.3 is 5.11 Å². The van der Waals surface area contributed by atoms with Crippen LogP contribution in [0.25, 0.3) is 6.08 Å². The van der Waals surface area contributed by atoms with Crippen molar-refractivity contribution in [3.63, 3.8) is 0 Å². The molecule has 0 fully saturated rings. The zero-order valence-corrected chi connectivity index (χ0v) is 8.57. The molecule has 0 aliphatic heterocycles. The van der Waals surface area contributed by atoms with Crippen LogP contribution in [0, 0.1) is 0 Å². The van der Waals surface area contributed by atoms with Gasteiger partial charge in [-0.15, -0.1) is 0 Å². The second-order valence-electron chi connectivity index (χ2n) is 3.83. The topological polar surface area (TPSA) is 37.3 Å². The number of hydrogen-bond acceptors (Lipinski definition) is 1. The van der Waals surface area contributed by atoms with E-state index in [-0.39, 0.29) is 0 Å². The van der Waals surface area contributed by atoms with Crippen molar-refractivity contribution in [1.29, 1.82) is 0 Å². The van der Waals surface area contributed by atoms with Gasteiger partial charge in [0.2, 0.25) is 0 Å². The van der Waals surface area contributed by atoms with Crippen LogP contribution in [0.4, 0.5) is 0 Å². The molecule has 0 heterocycles. The van der Waals surface area contributed by atoms with Gasteiger partial charge in [-0.3, -0.25) is 0 Å². The summed E-state index contributed by atoms with van der Waals surface area (Å²) in [5, 5.41) is 9.07. The maximum Gasteiger partial charge on any atom is 0.336 e. The van der Waals surface area contributed by atoms with Gasteiger partial charge in [0.15, 0.2) is 0 Å². The summed E-state index contributed by atoms with van der Waals surface area (Å²) in [6.07, 6.45) is 8.39. The SMILES string of the molecule is O=C(O)c1cccc2c1/C=C\CCCC2. The van der Waals surface area contributed by atoms with E-state index < -0.39 is 5.97 Å². The third-order valence-corrected chi connectivity index (χ3v) is 2.78. The molecule has 0 atom stereocenters. The van der Waals surface area contributed by atoms with Crippen LogP contribution in [-0.2, 0) is 6.42 Å². The first-order chi connectivity index (χ1) is 7.29. The molecule has 0 radical (unpaired) electrons. The van der Waals surface area contributed by atoms with Crippen LogP contribution in [0.15, 0.2) is 24.3 Å². The zero-order valence-electron chi connectivity index (χ0n) is 8.57. The van der Waals surface area contributed by atoms with Crippen molar-refractivity contribution in [3.05, 3.63) is 41.0 Å². The molecule has 1 aliphatic carbocycles. The van der Waals surface area contributed by atoms with Crippen LogP contribution < -0.4 is 0 Å². The first-order valence-corrected chi connectivity index (χ1v) is 5.31. The second-order valence-corrected chi connectivity index (χ2v) is 3.83. The number of benzene rings is 1. The van der Waals surface area contributed by atoms with E-state index in [1.807, 2.05) is 18.2 Å². The molecule has 0 bridgehead atoms. The van der Waals surface area contributed by atoms with Crippen LogP contribution in [-0.4, -0.2) is 11.1 Å². The molecule has 0 unspecified atom stereocenters. The Labute approximate surface area is 89.2 Å². The molecule has 0 amide bonds. The van der Waals surface area contributed by atoms with Crippen LogP contribution in [0.1, 0.15) is 40.7 Å². The number of carboxylic acid groups (broad SMARTS) is 1.